The highest BCUT2D eigenvalue weighted by atomic mass is 16.7. The molecule has 22 nitrogen and oxygen atoms in total. The summed E-state index contributed by atoms with van der Waals surface area (Å²) in [6, 6.07) is 7.48. The monoisotopic (exact) mass is 1240 g/mol. The van der Waals surface area contributed by atoms with Crippen LogP contribution in [-0.4, -0.2) is 154 Å². The number of likely N-dealkylation sites (N-methyl/N-ethyl adjacent to an activating group) is 1. The van der Waals surface area contributed by atoms with Gasteiger partial charge in [-0.15, -0.1) is 0 Å². The summed E-state index contributed by atoms with van der Waals surface area (Å²) >= 11 is 0. The second-order valence-electron chi connectivity index (χ2n) is 24.8. The smallest absolute Gasteiger partial charge is 0.328 e. The fraction of sp³-hybridized carbons (Fsp3) is 0.742. The van der Waals surface area contributed by atoms with Gasteiger partial charge in [-0.25, -0.2) is 9.59 Å². The van der Waals surface area contributed by atoms with Gasteiger partial charge in [0.1, 0.15) is 60.1 Å². The van der Waals surface area contributed by atoms with Crippen molar-refractivity contribution in [2.75, 3.05) is 47.1 Å². The molecule has 0 spiro atoms. The van der Waals surface area contributed by atoms with E-state index in [1.165, 1.54) is 20.8 Å². The van der Waals surface area contributed by atoms with Gasteiger partial charge in [-0.1, -0.05) is 92.6 Å². The lowest BCUT2D eigenvalue weighted by molar-refractivity contribution is -0.161. The van der Waals surface area contributed by atoms with Crippen LogP contribution in [-0.2, 0) is 92.5 Å². The number of benzene rings is 1. The Labute approximate surface area is 523 Å². The Balaban J connectivity index is 0.000000669. The van der Waals surface area contributed by atoms with Crippen molar-refractivity contribution < 1.29 is 85.9 Å². The number of Topliss-reactive ketones (excluding diaryl/α,β-unsaturated/α-hetero) is 4. The first-order chi connectivity index (χ1) is 41.6. The number of nitrogens with one attached hydrogen (secondary N) is 4. The standard InChI is InChI=1S/C24H39NO8.C24H43NO6.C18H26N2O4/c1-13(2)7-16(10-17(27)9-15(5)26)23(28)32-19-11-30-22-20(12-31-21(19)22)33-24(29)18(25-6)8-14(3)4;1-7-20(14-17(2)3)23(28)30-12-10-8-9-11-13-31-24(29)21(15-18(4)5)25-22(27)16-19(6)26;1-14(21)12-17(22)20-16(10-6-7-11-19-2)18(23)24-13-15-8-4-3-5-9-15/h13-14,16,18-22,25H,7-12H2,1-6H3;17-18,20-21H,7-16H2,1-6H3,(H,25,27);3-5,8-9,16,19H,6-7,10-13H2,1-2H3,(H,20,22). The molecule has 4 N–H and O–H groups in total. The predicted octanol–water partition coefficient (Wildman–Crippen LogP) is 7.64. The zero-order valence-electron chi connectivity index (χ0n) is 55.3. The molecule has 2 aliphatic rings. The van der Waals surface area contributed by atoms with Crippen molar-refractivity contribution in [1.29, 1.82) is 0 Å². The quantitative estimate of drug-likeness (QED) is 0.0212. The van der Waals surface area contributed by atoms with E-state index in [2.05, 4.69) is 35.1 Å². The number of rotatable bonds is 41. The van der Waals surface area contributed by atoms with Crippen LogP contribution in [0.3, 0.4) is 0 Å². The first-order valence-electron chi connectivity index (χ1n) is 31.7. The van der Waals surface area contributed by atoms with Crippen LogP contribution in [0.25, 0.3) is 0 Å². The lowest BCUT2D eigenvalue weighted by atomic mass is 9.91. The van der Waals surface area contributed by atoms with Crippen molar-refractivity contribution in [3.8, 4) is 0 Å². The van der Waals surface area contributed by atoms with E-state index in [4.69, 9.17) is 33.2 Å². The van der Waals surface area contributed by atoms with Crippen molar-refractivity contribution >= 4 is 64.8 Å². The Kier molecular flexibility index (Phi) is 41.2. The molecule has 0 saturated carbocycles. The van der Waals surface area contributed by atoms with Gasteiger partial charge in [0.15, 0.2) is 12.2 Å². The molecule has 3 rings (SSSR count). The van der Waals surface area contributed by atoms with Crippen molar-refractivity contribution in [2.45, 2.75) is 235 Å². The second-order valence-corrected chi connectivity index (χ2v) is 24.8. The number of carbonyl (C=O) groups excluding carboxylic acids is 11. The molecular formula is C66H108N4O18. The topological polar surface area (TPSA) is 300 Å². The maximum absolute atomic E-state index is 12.9. The molecule has 0 bridgehead atoms. The molecule has 1 aromatic rings. The molecule has 2 fully saturated rings. The van der Waals surface area contributed by atoms with E-state index in [0.29, 0.717) is 50.5 Å². The average molecular weight is 1250 g/mol. The number of fused-ring (bicyclic) bond motifs is 1. The molecule has 9 atom stereocenters. The minimum Gasteiger partial charge on any atom is -0.465 e. The Hall–Kier alpha value is -5.97. The number of hydrogen-bond acceptors (Lipinski definition) is 20. The largest absolute Gasteiger partial charge is 0.465 e. The molecule has 9 unspecified atom stereocenters. The van der Waals surface area contributed by atoms with Crippen LogP contribution in [0, 0.1) is 35.5 Å². The van der Waals surface area contributed by atoms with Gasteiger partial charge in [-0.2, -0.15) is 0 Å². The minimum atomic E-state index is -0.733. The van der Waals surface area contributed by atoms with E-state index >= 15 is 0 Å². The van der Waals surface area contributed by atoms with E-state index in [1.54, 1.807) is 7.05 Å². The lowest BCUT2D eigenvalue weighted by Crippen LogP contribution is -2.43. The van der Waals surface area contributed by atoms with E-state index in [-0.39, 0.29) is 105 Å². The molecule has 0 aliphatic carbocycles. The van der Waals surface area contributed by atoms with E-state index in [0.717, 1.165) is 57.1 Å². The molecule has 2 heterocycles. The molecule has 2 saturated heterocycles. The summed E-state index contributed by atoms with van der Waals surface area (Å²) in [6.45, 7) is 24.1. The predicted molar refractivity (Wildman–Crippen MR) is 331 cm³/mol. The highest BCUT2D eigenvalue weighted by Crippen LogP contribution is 2.32. The van der Waals surface area contributed by atoms with Crippen LogP contribution in [0.15, 0.2) is 30.3 Å². The fourth-order valence-electron chi connectivity index (χ4n) is 9.84. The van der Waals surface area contributed by atoms with Crippen LogP contribution in [0.4, 0.5) is 0 Å². The van der Waals surface area contributed by atoms with Gasteiger partial charge >= 0.3 is 29.8 Å². The highest BCUT2D eigenvalue weighted by molar-refractivity contribution is 6.00. The van der Waals surface area contributed by atoms with Gasteiger partial charge in [0.25, 0.3) is 0 Å². The van der Waals surface area contributed by atoms with Gasteiger partial charge in [-0.05, 0) is 148 Å². The van der Waals surface area contributed by atoms with Crippen LogP contribution in [0.5, 0.6) is 0 Å². The zero-order chi connectivity index (χ0) is 66.3. The van der Waals surface area contributed by atoms with Crippen molar-refractivity contribution in [2.24, 2.45) is 35.5 Å². The van der Waals surface area contributed by atoms with Crippen LogP contribution >= 0.6 is 0 Å². The number of hydrogen-bond donors (Lipinski definition) is 4. The third kappa shape index (κ3) is 35.9. The Bertz CT molecular complexity index is 2290. The summed E-state index contributed by atoms with van der Waals surface area (Å²) in [5.74, 6) is -3.23. The summed E-state index contributed by atoms with van der Waals surface area (Å²) in [4.78, 5) is 131. The number of esters is 5. The fourth-order valence-corrected chi connectivity index (χ4v) is 9.84. The summed E-state index contributed by atoms with van der Waals surface area (Å²) in [7, 11) is 3.58. The number of ketones is 4. The van der Waals surface area contributed by atoms with E-state index in [1.807, 2.05) is 85.8 Å². The molecule has 88 heavy (non-hydrogen) atoms. The Morgan fingerprint density at radius 1 is 0.511 bits per heavy atom. The van der Waals surface area contributed by atoms with Crippen LogP contribution in [0.1, 0.15) is 191 Å². The van der Waals surface area contributed by atoms with E-state index in [9.17, 15) is 52.7 Å². The highest BCUT2D eigenvalue weighted by Gasteiger charge is 2.52. The maximum Gasteiger partial charge on any atom is 0.328 e. The molecule has 1 aromatic carbocycles. The number of ether oxygens (including phenoxy) is 7. The number of amides is 2. The second kappa shape index (κ2) is 45.3. The molecule has 0 aromatic heterocycles. The third-order valence-electron chi connectivity index (χ3n) is 14.1. The van der Waals surface area contributed by atoms with Crippen LogP contribution < -0.4 is 21.3 Å². The van der Waals surface area contributed by atoms with Gasteiger partial charge < -0.3 is 54.4 Å². The first kappa shape index (κ1) is 80.0. The molecule has 0 radical (unpaired) electrons. The number of unbranched alkanes of at least 4 members (excludes halogenated alkanes) is 4. The third-order valence-corrected chi connectivity index (χ3v) is 14.1. The van der Waals surface area contributed by atoms with Gasteiger partial charge in [0.05, 0.1) is 57.5 Å². The van der Waals surface area contributed by atoms with E-state index < -0.39 is 78.2 Å². The van der Waals surface area contributed by atoms with Gasteiger partial charge in [0.2, 0.25) is 11.8 Å². The summed E-state index contributed by atoms with van der Waals surface area (Å²) in [6.07, 6.45) is 5.72. The average Bonchev–Trinajstić information content (AvgIpc) is 2.25. The zero-order valence-corrected chi connectivity index (χ0v) is 55.3. The van der Waals surface area contributed by atoms with Crippen molar-refractivity contribution in [3.05, 3.63) is 35.9 Å². The summed E-state index contributed by atoms with van der Waals surface area (Å²) < 4.78 is 38.9. The lowest BCUT2D eigenvalue weighted by Gasteiger charge is -2.22. The minimum absolute atomic E-state index is 0.0193. The molecule has 2 amide bonds. The normalized spacial score (nSPS) is 17.6. The molecule has 2 aliphatic heterocycles. The van der Waals surface area contributed by atoms with Crippen molar-refractivity contribution in [3.63, 3.8) is 0 Å². The maximum atomic E-state index is 12.9. The summed E-state index contributed by atoms with van der Waals surface area (Å²) in [5.41, 5.74) is 0.884. The van der Waals surface area contributed by atoms with Gasteiger partial charge in [0, 0.05) is 6.42 Å². The molecular weight excluding hydrogens is 1140 g/mol. The van der Waals surface area contributed by atoms with Crippen LogP contribution in [0.2, 0.25) is 0 Å². The number of carbonyl (C=O) groups is 11. The SMILES string of the molecule is CCC(CC(C)C)C(=O)OCCCCCCOC(=O)C(CC(C)C)NC(=O)CC(C)=O.CNC(CC(C)C)C(=O)OC1COC2C(OC(=O)C(CC(=O)CC(C)=O)CC(C)C)COC12.CNCCCCC(NC(=O)CC(C)=O)C(=O)OCc1ccccc1. The van der Waals surface area contributed by atoms with Crippen molar-refractivity contribution in [1.82, 2.24) is 21.3 Å². The Morgan fingerprint density at radius 3 is 1.45 bits per heavy atom. The van der Waals surface area contributed by atoms with Gasteiger partial charge in [-0.3, -0.25) is 43.2 Å². The first-order valence-corrected chi connectivity index (χ1v) is 31.7. The molecule has 22 heteroatoms. The summed E-state index contributed by atoms with van der Waals surface area (Å²) in [5, 5.41) is 11.2. The Morgan fingerprint density at radius 2 is 0.977 bits per heavy atom. The molecule has 500 valence electrons.